The Labute approximate surface area is 425 Å². The second-order valence-corrected chi connectivity index (χ2v) is 14.8. The summed E-state index contributed by atoms with van der Waals surface area (Å²) in [4.78, 5) is 30.1. The molecule has 0 aromatic rings. The largest absolute Gasteiger partial charge is 0.481 e. The summed E-state index contributed by atoms with van der Waals surface area (Å²) in [6.45, 7) is 1.35. The molecule has 0 aliphatic rings. The van der Waals surface area contributed by atoms with Crippen LogP contribution in [0.1, 0.15) is 136 Å². The summed E-state index contributed by atoms with van der Waals surface area (Å²) < 4.78 is 0. The molecule has 0 unspecified atom stereocenters. The first kappa shape index (κ1) is 92.2. The van der Waals surface area contributed by atoms with Crippen molar-refractivity contribution in [3.05, 3.63) is 0 Å². The third-order valence-corrected chi connectivity index (χ3v) is 7.43. The Kier molecular flexibility index (Phi) is 113. The number of aliphatic hydroxyl groups is 21. The Morgan fingerprint density at radius 1 is 0.236 bits per heavy atom. The van der Waals surface area contributed by atoms with Crippen molar-refractivity contribution in [2.75, 3.05) is 92.5 Å². The number of hydrogen-bond donors (Lipinski definition) is 24. The average molecular weight is 1080 g/mol. The number of rotatable bonds is 32. The zero-order valence-electron chi connectivity index (χ0n) is 43.1. The Bertz CT molecular complexity index is 747. The molecular weight excluding hydrogens is 972 g/mol. The molecule has 0 atom stereocenters. The molecule has 0 aromatic carbocycles. The van der Waals surface area contributed by atoms with Crippen LogP contribution in [0.4, 0.5) is 0 Å². The molecule has 27 nitrogen and oxygen atoms in total. The van der Waals surface area contributed by atoms with Crippen molar-refractivity contribution in [1.82, 2.24) is 0 Å². The van der Waals surface area contributed by atoms with Gasteiger partial charge in [0, 0.05) is 19.3 Å². The average Bonchev–Trinajstić information content (AvgIpc) is 3.40. The predicted molar refractivity (Wildman–Crippen MR) is 264 cm³/mol. The van der Waals surface area contributed by atoms with Crippen molar-refractivity contribution in [3.63, 3.8) is 0 Å². The first-order chi connectivity index (χ1) is 34.0. The van der Waals surface area contributed by atoms with Crippen LogP contribution >= 0.6 is 0 Å². The summed E-state index contributed by atoms with van der Waals surface area (Å²) in [5, 5.41) is 193. The minimum atomic E-state index is -0.954. The van der Waals surface area contributed by atoms with Gasteiger partial charge < -0.3 is 123 Å². The lowest BCUT2D eigenvalue weighted by molar-refractivity contribution is -0.138. The van der Waals surface area contributed by atoms with Crippen LogP contribution in [-0.2, 0) is 14.4 Å². The lowest BCUT2D eigenvalue weighted by Gasteiger charge is -1.96. The molecule has 0 amide bonds. The van der Waals surface area contributed by atoms with Crippen LogP contribution in [0.15, 0.2) is 0 Å². The highest BCUT2D eigenvalue weighted by molar-refractivity contribution is 5.67. The maximum atomic E-state index is 10.0. The van der Waals surface area contributed by atoms with Crippen molar-refractivity contribution in [3.8, 4) is 0 Å². The number of carbonyl (C=O) groups is 3. The molecular formula is C45H104O27. The van der Waals surface area contributed by atoms with E-state index in [0.717, 1.165) is 38.5 Å². The number of aliphatic hydroxyl groups excluding tert-OH is 21. The molecule has 0 aliphatic heterocycles. The van der Waals surface area contributed by atoms with Gasteiger partial charge >= 0.3 is 17.9 Å². The van der Waals surface area contributed by atoms with Gasteiger partial charge in [-0.1, -0.05) is 97.8 Å². The molecule has 0 heterocycles. The first-order valence-corrected chi connectivity index (χ1v) is 23.9. The summed E-state index contributed by atoms with van der Waals surface area (Å²) >= 11 is 0. The number of aliphatic carboxylic acids is 3. The Morgan fingerprint density at radius 3 is 0.417 bits per heavy atom. The highest BCUT2D eigenvalue weighted by Crippen LogP contribution is 2.06. The van der Waals surface area contributed by atoms with Gasteiger partial charge in [-0.25, -0.2) is 0 Å². The van der Waals surface area contributed by atoms with Crippen LogP contribution < -0.4 is 0 Å². The summed E-state index contributed by atoms with van der Waals surface area (Å²) in [6, 6.07) is 0. The smallest absolute Gasteiger partial charge is 0.303 e. The van der Waals surface area contributed by atoms with Crippen LogP contribution in [0.5, 0.6) is 0 Å². The highest BCUT2D eigenvalue weighted by atomic mass is 16.4. The van der Waals surface area contributed by atoms with Gasteiger partial charge in [-0.15, -0.1) is 0 Å². The van der Waals surface area contributed by atoms with Crippen LogP contribution in [0.3, 0.4) is 0 Å². The zero-order chi connectivity index (χ0) is 58.4. The molecule has 0 saturated heterocycles. The van der Waals surface area contributed by atoms with E-state index >= 15 is 0 Å². The number of carboxylic acid groups (broad SMARTS) is 3. The van der Waals surface area contributed by atoms with Crippen LogP contribution in [-0.4, -0.2) is 276 Å². The Balaban J connectivity index is -0.0000000748. The first-order valence-electron chi connectivity index (χ1n) is 23.9. The third-order valence-electron chi connectivity index (χ3n) is 7.43. The lowest BCUT2D eigenvalue weighted by atomic mass is 10.1. The fourth-order valence-electron chi connectivity index (χ4n) is 3.04. The van der Waals surface area contributed by atoms with E-state index < -0.39 is 60.6 Å². The molecule has 0 fully saturated rings. The van der Waals surface area contributed by atoms with E-state index in [1.165, 1.54) is 57.8 Å². The SMILES string of the molecule is CCCCCCCC(=O)O.CCCCCCCC(=O)O.CCCCCCCC(=O)O.OCC(O)CO.OCC(O)CO.OCC(O)CO.OCC(O)CO.OCC(O)CO.OCC(O)CO.OCC(O)CO. The summed E-state index contributed by atoms with van der Waals surface area (Å²) in [7, 11) is 0. The maximum absolute atomic E-state index is 10.0. The molecule has 0 spiro atoms. The minimum absolute atomic E-state index is 0.337. The standard InChI is InChI=1S/3C8H16O2.7C3H8O3/c3*1-2-3-4-5-6-7-8(9)10;7*4-1-3(6)2-5/h3*2-7H2,1H3,(H,9,10);7*3-6H,1-2H2. The van der Waals surface area contributed by atoms with Crippen molar-refractivity contribution in [2.45, 2.75) is 179 Å². The molecule has 0 rings (SSSR count). The van der Waals surface area contributed by atoms with E-state index in [0.29, 0.717) is 19.3 Å². The van der Waals surface area contributed by atoms with Gasteiger partial charge in [-0.2, -0.15) is 0 Å². The number of hydrogen-bond acceptors (Lipinski definition) is 24. The van der Waals surface area contributed by atoms with Gasteiger partial charge in [0.15, 0.2) is 0 Å². The van der Waals surface area contributed by atoms with E-state index in [2.05, 4.69) is 20.8 Å². The summed E-state index contributed by atoms with van der Waals surface area (Å²) in [6.07, 6.45) is 11.0. The Hall–Kier alpha value is -2.43. The third kappa shape index (κ3) is 138. The zero-order valence-corrected chi connectivity index (χ0v) is 43.1. The summed E-state index contributed by atoms with van der Waals surface area (Å²) in [5.41, 5.74) is 0. The van der Waals surface area contributed by atoms with Gasteiger partial charge in [-0.3, -0.25) is 14.4 Å². The topological polar surface area (TPSA) is 537 Å². The normalized spacial score (nSPS) is 9.88. The number of carboxylic acids is 3. The molecule has 72 heavy (non-hydrogen) atoms. The maximum Gasteiger partial charge on any atom is 0.303 e. The summed E-state index contributed by atoms with van der Waals surface area (Å²) in [5.74, 6) is -2.01. The van der Waals surface area contributed by atoms with Crippen molar-refractivity contribution in [1.29, 1.82) is 0 Å². The predicted octanol–water partition coefficient (Wildman–Crippen LogP) is -4.38. The number of unbranched alkanes of at least 4 members (excludes halogenated alkanes) is 12. The molecule has 446 valence electrons. The van der Waals surface area contributed by atoms with Gasteiger partial charge in [0.2, 0.25) is 0 Å². The quantitative estimate of drug-likeness (QED) is 0.0283. The molecule has 0 radical (unpaired) electrons. The van der Waals surface area contributed by atoms with Crippen LogP contribution in [0, 0.1) is 0 Å². The molecule has 0 aromatic heterocycles. The van der Waals surface area contributed by atoms with Crippen molar-refractivity contribution >= 4 is 17.9 Å². The molecule has 0 saturated carbocycles. The van der Waals surface area contributed by atoms with Crippen molar-refractivity contribution in [2.24, 2.45) is 0 Å². The van der Waals surface area contributed by atoms with E-state index in [1.807, 2.05) is 0 Å². The van der Waals surface area contributed by atoms with E-state index in [9.17, 15) is 14.4 Å². The fraction of sp³-hybridized carbons (Fsp3) is 0.933. The Morgan fingerprint density at radius 2 is 0.347 bits per heavy atom. The monoisotopic (exact) mass is 1080 g/mol. The lowest BCUT2D eigenvalue weighted by Crippen LogP contribution is -2.15. The second-order valence-electron chi connectivity index (χ2n) is 14.8. The van der Waals surface area contributed by atoms with Crippen LogP contribution in [0.25, 0.3) is 0 Å². The van der Waals surface area contributed by atoms with Gasteiger partial charge in [0.1, 0.15) is 42.7 Å². The van der Waals surface area contributed by atoms with E-state index in [4.69, 9.17) is 123 Å². The van der Waals surface area contributed by atoms with E-state index in [-0.39, 0.29) is 92.5 Å². The molecule has 27 heteroatoms. The van der Waals surface area contributed by atoms with Gasteiger partial charge in [-0.05, 0) is 19.3 Å². The fourth-order valence-corrected chi connectivity index (χ4v) is 3.04. The molecule has 24 N–H and O–H groups in total. The van der Waals surface area contributed by atoms with Crippen molar-refractivity contribution < 1.29 is 137 Å². The van der Waals surface area contributed by atoms with Crippen LogP contribution in [0.2, 0.25) is 0 Å². The van der Waals surface area contributed by atoms with Gasteiger partial charge in [0.25, 0.3) is 0 Å². The minimum Gasteiger partial charge on any atom is -0.481 e. The molecule has 0 bridgehead atoms. The van der Waals surface area contributed by atoms with Gasteiger partial charge in [0.05, 0.1) is 92.5 Å². The molecule has 0 aliphatic carbocycles. The second kappa shape index (κ2) is 88.2. The highest BCUT2D eigenvalue weighted by Gasteiger charge is 1.99. The van der Waals surface area contributed by atoms with E-state index in [1.54, 1.807) is 0 Å².